The summed E-state index contributed by atoms with van der Waals surface area (Å²) in [7, 11) is -3.93. The number of benzene rings is 2. The van der Waals surface area contributed by atoms with Crippen molar-refractivity contribution in [1.29, 1.82) is 0 Å². The van der Waals surface area contributed by atoms with E-state index in [9.17, 15) is 23.6 Å². The highest BCUT2D eigenvalue weighted by Crippen LogP contribution is 2.29. The first kappa shape index (κ1) is 20.3. The molecule has 0 bridgehead atoms. The van der Waals surface area contributed by atoms with Crippen LogP contribution < -0.4 is 5.43 Å². The monoisotopic (exact) mass is 392 g/mol. The Morgan fingerprint density at radius 3 is 2.37 bits per heavy atom. The van der Waals surface area contributed by atoms with Crippen molar-refractivity contribution < 1.29 is 18.4 Å². The Hall–Kier alpha value is -2.98. The Morgan fingerprint density at radius 2 is 1.81 bits per heavy atom. The number of anilines is 1. The molecule has 0 saturated carbocycles. The Balaban J connectivity index is 2.40. The van der Waals surface area contributed by atoms with Gasteiger partial charge in [0.1, 0.15) is 10.6 Å². The van der Waals surface area contributed by atoms with Crippen LogP contribution in [0.15, 0.2) is 52.5 Å². The highest BCUT2D eigenvalue weighted by molar-refractivity contribution is 7.89. The van der Waals surface area contributed by atoms with Gasteiger partial charge in [-0.1, -0.05) is 13.8 Å². The fourth-order valence-corrected chi connectivity index (χ4v) is 3.99. The van der Waals surface area contributed by atoms with Gasteiger partial charge in [-0.2, -0.15) is 9.41 Å². The minimum absolute atomic E-state index is 0.114. The predicted molar refractivity (Wildman–Crippen MR) is 103 cm³/mol. The Labute approximate surface area is 157 Å². The average Bonchev–Trinajstić information content (AvgIpc) is 2.64. The highest BCUT2D eigenvalue weighted by Gasteiger charge is 2.27. The van der Waals surface area contributed by atoms with Crippen molar-refractivity contribution in [3.63, 3.8) is 0 Å². The molecule has 0 radical (unpaired) electrons. The van der Waals surface area contributed by atoms with E-state index in [0.29, 0.717) is 5.56 Å². The average molecular weight is 392 g/mol. The lowest BCUT2D eigenvalue weighted by atomic mass is 10.2. The Morgan fingerprint density at radius 1 is 1.19 bits per heavy atom. The predicted octanol–water partition coefficient (Wildman–Crippen LogP) is 2.78. The van der Waals surface area contributed by atoms with Crippen LogP contribution in [0.2, 0.25) is 0 Å². The molecular weight excluding hydrogens is 372 g/mol. The molecule has 0 amide bonds. The first-order valence-corrected chi connectivity index (χ1v) is 9.60. The summed E-state index contributed by atoms with van der Waals surface area (Å²) < 4.78 is 26.9. The second kappa shape index (κ2) is 8.60. The molecule has 144 valence electrons. The summed E-state index contributed by atoms with van der Waals surface area (Å²) in [5, 5.41) is 24.3. The standard InChI is InChI=1S/C17H20N4O5S/c1-3-20(4-2)27(25,26)17-11-14(21(23)24)7-10-16(17)19-18-12-13-5-8-15(22)9-6-13/h5-12,19,22H,3-4H2,1-2H3. The number of hydrogen-bond donors (Lipinski definition) is 2. The normalized spacial score (nSPS) is 11.8. The maximum absolute atomic E-state index is 12.8. The highest BCUT2D eigenvalue weighted by atomic mass is 32.2. The third-order valence-electron chi connectivity index (χ3n) is 3.79. The first-order valence-electron chi connectivity index (χ1n) is 8.16. The lowest BCUT2D eigenvalue weighted by Crippen LogP contribution is -2.31. The van der Waals surface area contributed by atoms with Crippen molar-refractivity contribution in [3.05, 3.63) is 58.1 Å². The topological polar surface area (TPSA) is 125 Å². The molecule has 0 saturated heterocycles. The Kier molecular flexibility index (Phi) is 6.48. The van der Waals surface area contributed by atoms with Gasteiger partial charge < -0.3 is 5.11 Å². The number of phenols is 1. The van der Waals surface area contributed by atoms with Crippen LogP contribution in [0.1, 0.15) is 19.4 Å². The minimum atomic E-state index is -3.93. The maximum atomic E-state index is 12.8. The third-order valence-corrected chi connectivity index (χ3v) is 5.88. The van der Waals surface area contributed by atoms with Gasteiger partial charge in [-0.25, -0.2) is 8.42 Å². The molecule has 0 spiro atoms. The number of rotatable bonds is 8. The largest absolute Gasteiger partial charge is 0.508 e. The second-order valence-corrected chi connectivity index (χ2v) is 7.39. The zero-order valence-corrected chi connectivity index (χ0v) is 15.7. The number of hydrazone groups is 1. The summed E-state index contributed by atoms with van der Waals surface area (Å²) in [6, 6.07) is 9.77. The van der Waals surface area contributed by atoms with Gasteiger partial charge in [0.2, 0.25) is 10.0 Å². The van der Waals surface area contributed by atoms with E-state index in [1.54, 1.807) is 26.0 Å². The summed E-state index contributed by atoms with van der Waals surface area (Å²) in [6.45, 7) is 3.85. The Bertz CT molecular complexity index is 938. The SMILES string of the molecule is CCN(CC)S(=O)(=O)c1cc([N+](=O)[O-])ccc1NN=Cc1ccc(O)cc1. The maximum Gasteiger partial charge on any atom is 0.270 e. The molecule has 2 N–H and O–H groups in total. The van der Waals surface area contributed by atoms with Crippen molar-refractivity contribution in [2.24, 2.45) is 5.10 Å². The number of nitrogens with one attached hydrogen (secondary N) is 1. The van der Waals surface area contributed by atoms with Crippen molar-refractivity contribution in [1.82, 2.24) is 4.31 Å². The van der Waals surface area contributed by atoms with Gasteiger partial charge in [-0.05, 0) is 35.9 Å². The summed E-state index contributed by atoms with van der Waals surface area (Å²) in [5.41, 5.74) is 3.11. The van der Waals surface area contributed by atoms with Gasteiger partial charge in [0.15, 0.2) is 0 Å². The summed E-state index contributed by atoms with van der Waals surface area (Å²) >= 11 is 0. The molecule has 2 aromatic rings. The molecule has 27 heavy (non-hydrogen) atoms. The summed E-state index contributed by atoms with van der Waals surface area (Å²) in [5.74, 6) is 0.114. The fourth-order valence-electron chi connectivity index (χ4n) is 2.37. The van der Waals surface area contributed by atoms with Crippen LogP contribution >= 0.6 is 0 Å². The van der Waals surface area contributed by atoms with Crippen LogP contribution in [-0.4, -0.2) is 42.1 Å². The zero-order chi connectivity index (χ0) is 20.0. The number of non-ortho nitro benzene ring substituents is 1. The number of nitro benzene ring substituents is 1. The van der Waals surface area contributed by atoms with E-state index in [0.717, 1.165) is 6.07 Å². The van der Waals surface area contributed by atoms with Gasteiger partial charge in [-0.15, -0.1) is 0 Å². The molecule has 0 aliphatic heterocycles. The van der Waals surface area contributed by atoms with Gasteiger partial charge >= 0.3 is 0 Å². The van der Waals surface area contributed by atoms with Crippen molar-refractivity contribution >= 4 is 27.6 Å². The molecule has 9 nitrogen and oxygen atoms in total. The molecule has 0 aliphatic carbocycles. The van der Waals surface area contributed by atoms with Gasteiger partial charge in [0.05, 0.1) is 16.8 Å². The van der Waals surface area contributed by atoms with Crippen molar-refractivity contribution in [2.75, 3.05) is 18.5 Å². The summed E-state index contributed by atoms with van der Waals surface area (Å²) in [4.78, 5) is 10.2. The fraction of sp³-hybridized carbons (Fsp3) is 0.235. The van der Waals surface area contributed by atoms with Gasteiger partial charge in [0.25, 0.3) is 5.69 Å². The van der Waals surface area contributed by atoms with Gasteiger partial charge in [0, 0.05) is 25.2 Å². The van der Waals surface area contributed by atoms with Crippen molar-refractivity contribution in [3.8, 4) is 5.75 Å². The molecule has 0 fully saturated rings. The number of nitro groups is 1. The van der Waals surface area contributed by atoms with E-state index in [4.69, 9.17) is 0 Å². The molecule has 10 heteroatoms. The lowest BCUT2D eigenvalue weighted by molar-refractivity contribution is -0.385. The minimum Gasteiger partial charge on any atom is -0.508 e. The number of aromatic hydroxyl groups is 1. The molecule has 0 aromatic heterocycles. The quantitative estimate of drug-likeness (QED) is 0.404. The molecule has 0 aliphatic rings. The molecule has 0 unspecified atom stereocenters. The number of hydrogen-bond acceptors (Lipinski definition) is 7. The third kappa shape index (κ3) is 4.80. The van der Waals surface area contributed by atoms with E-state index < -0.39 is 14.9 Å². The smallest absolute Gasteiger partial charge is 0.270 e. The molecule has 2 rings (SSSR count). The van der Waals surface area contributed by atoms with Crippen LogP contribution in [0.5, 0.6) is 5.75 Å². The van der Waals surface area contributed by atoms with E-state index >= 15 is 0 Å². The van der Waals surface area contributed by atoms with E-state index in [-0.39, 0.29) is 35.1 Å². The van der Waals surface area contributed by atoms with Crippen LogP contribution in [0.3, 0.4) is 0 Å². The van der Waals surface area contributed by atoms with E-state index in [1.165, 1.54) is 34.8 Å². The summed E-state index contributed by atoms with van der Waals surface area (Å²) in [6.07, 6.45) is 1.44. The number of phenolic OH excluding ortho intramolecular Hbond substituents is 1. The number of nitrogens with zero attached hydrogens (tertiary/aromatic N) is 3. The molecular formula is C17H20N4O5S. The van der Waals surface area contributed by atoms with E-state index in [1.807, 2.05) is 0 Å². The van der Waals surface area contributed by atoms with E-state index in [2.05, 4.69) is 10.5 Å². The molecule has 2 aromatic carbocycles. The van der Waals surface area contributed by atoms with Crippen LogP contribution in [0.25, 0.3) is 0 Å². The molecule has 0 heterocycles. The van der Waals surface area contributed by atoms with Gasteiger partial charge in [-0.3, -0.25) is 15.5 Å². The van der Waals surface area contributed by atoms with Crippen LogP contribution in [0.4, 0.5) is 11.4 Å². The zero-order valence-electron chi connectivity index (χ0n) is 14.9. The number of sulfonamides is 1. The lowest BCUT2D eigenvalue weighted by Gasteiger charge is -2.20. The second-order valence-electron chi connectivity index (χ2n) is 5.49. The first-order chi connectivity index (χ1) is 12.8. The van der Waals surface area contributed by atoms with Crippen molar-refractivity contribution in [2.45, 2.75) is 18.7 Å². The molecule has 0 atom stereocenters. The van der Waals surface area contributed by atoms with Crippen LogP contribution in [0, 0.1) is 10.1 Å². The van der Waals surface area contributed by atoms with Crippen LogP contribution in [-0.2, 0) is 10.0 Å².